The molecule has 2 N–H and O–H groups in total. The second-order valence-corrected chi connectivity index (χ2v) is 6.05. The molecule has 7 heteroatoms. The van der Waals surface area contributed by atoms with Gasteiger partial charge in [0.05, 0.1) is 12.6 Å². The third-order valence-electron chi connectivity index (χ3n) is 3.93. The minimum absolute atomic E-state index is 0.217. The summed E-state index contributed by atoms with van der Waals surface area (Å²) < 4.78 is 18.3. The maximum absolute atomic E-state index is 12.8. The van der Waals surface area contributed by atoms with Crippen molar-refractivity contribution in [2.24, 2.45) is 0 Å². The minimum atomic E-state index is -0.428. The molecule has 0 heterocycles. The van der Waals surface area contributed by atoms with E-state index in [0.717, 1.165) is 12.8 Å². The Morgan fingerprint density at radius 1 is 1.33 bits per heavy atom. The van der Waals surface area contributed by atoms with E-state index in [1.165, 1.54) is 12.1 Å². The lowest BCUT2D eigenvalue weighted by Crippen LogP contribution is -2.49. The van der Waals surface area contributed by atoms with E-state index in [4.69, 9.17) is 4.74 Å². The molecule has 1 saturated carbocycles. The van der Waals surface area contributed by atoms with Crippen molar-refractivity contribution in [1.29, 1.82) is 0 Å². The number of carbonyl (C=O) groups is 2. The van der Waals surface area contributed by atoms with Crippen LogP contribution in [0, 0.1) is 5.82 Å². The molecule has 0 saturated heterocycles. The summed E-state index contributed by atoms with van der Waals surface area (Å²) >= 11 is 0. The molecule has 0 radical (unpaired) electrons. The summed E-state index contributed by atoms with van der Waals surface area (Å²) in [6.07, 6.45) is 2.66. The van der Waals surface area contributed by atoms with E-state index in [-0.39, 0.29) is 17.8 Å². The van der Waals surface area contributed by atoms with Gasteiger partial charge in [0.1, 0.15) is 11.6 Å². The van der Waals surface area contributed by atoms with Crippen molar-refractivity contribution in [3.8, 4) is 5.75 Å². The molecule has 1 aromatic carbocycles. The summed E-state index contributed by atoms with van der Waals surface area (Å²) in [4.78, 5) is 25.4. The first-order valence-electron chi connectivity index (χ1n) is 8.15. The van der Waals surface area contributed by atoms with Gasteiger partial charge in [-0.1, -0.05) is 0 Å². The van der Waals surface area contributed by atoms with Crippen LogP contribution in [0.25, 0.3) is 0 Å². The molecule has 24 heavy (non-hydrogen) atoms. The first-order chi connectivity index (χ1) is 11.5. The Hall–Kier alpha value is -2.15. The average Bonchev–Trinajstić information content (AvgIpc) is 3.36. The van der Waals surface area contributed by atoms with Gasteiger partial charge in [0, 0.05) is 12.6 Å². The molecule has 1 aliphatic rings. The second kappa shape index (κ2) is 8.63. The zero-order chi connectivity index (χ0) is 17.5. The highest BCUT2D eigenvalue weighted by molar-refractivity contribution is 5.96. The lowest BCUT2D eigenvalue weighted by Gasteiger charge is -2.23. The Labute approximate surface area is 141 Å². The monoisotopic (exact) mass is 337 g/mol. The fourth-order valence-corrected chi connectivity index (χ4v) is 2.09. The van der Waals surface area contributed by atoms with E-state index in [2.05, 4.69) is 10.6 Å². The van der Waals surface area contributed by atoms with E-state index >= 15 is 0 Å². The lowest BCUT2D eigenvalue weighted by atomic mass is 10.2. The number of amides is 3. The van der Waals surface area contributed by atoms with Gasteiger partial charge >= 0.3 is 6.03 Å². The van der Waals surface area contributed by atoms with E-state index < -0.39 is 12.1 Å². The fraction of sp³-hybridized carbons (Fsp3) is 0.529. The average molecular weight is 337 g/mol. The van der Waals surface area contributed by atoms with E-state index in [0.29, 0.717) is 25.3 Å². The molecule has 1 unspecified atom stereocenters. The van der Waals surface area contributed by atoms with Crippen LogP contribution in [0.1, 0.15) is 26.2 Å². The number of imide groups is 1. The lowest BCUT2D eigenvalue weighted by molar-refractivity contribution is -0.124. The van der Waals surface area contributed by atoms with Gasteiger partial charge < -0.3 is 10.1 Å². The summed E-state index contributed by atoms with van der Waals surface area (Å²) in [7, 11) is 1.82. The number of nitrogens with one attached hydrogen (secondary N) is 2. The molecule has 0 bridgehead atoms. The highest BCUT2D eigenvalue weighted by atomic mass is 19.1. The molecule has 0 aliphatic heterocycles. The summed E-state index contributed by atoms with van der Waals surface area (Å²) in [5.74, 6) is -0.00987. The largest absolute Gasteiger partial charge is 0.494 e. The fourth-order valence-electron chi connectivity index (χ4n) is 2.09. The number of benzene rings is 1. The van der Waals surface area contributed by atoms with Crippen molar-refractivity contribution < 1.29 is 18.7 Å². The summed E-state index contributed by atoms with van der Waals surface area (Å²) in [6, 6.07) is 5.22. The normalized spacial score (nSPS) is 15.0. The number of halogens is 1. The highest BCUT2D eigenvalue weighted by Crippen LogP contribution is 2.18. The molecule has 2 rings (SSSR count). The number of likely N-dealkylation sites (N-methyl/N-ethyl adjacent to an activating group) is 1. The van der Waals surface area contributed by atoms with E-state index in [1.807, 2.05) is 11.9 Å². The standard InChI is InChI=1S/C17H24FN3O3/c1-12(16(22)20-17(23)19-14-6-7-14)21(2)10-3-11-24-15-8-4-13(18)5-9-15/h4-5,8-9,12,14H,3,6-7,10-11H2,1-2H3,(H2,19,20,22,23). The van der Waals surface area contributed by atoms with Gasteiger partial charge in [0.15, 0.2) is 0 Å². The first-order valence-corrected chi connectivity index (χ1v) is 8.15. The molecule has 3 amide bonds. The number of ether oxygens (including phenoxy) is 1. The number of rotatable bonds is 8. The smallest absolute Gasteiger partial charge is 0.321 e. The Balaban J connectivity index is 1.63. The molecule has 1 aliphatic carbocycles. The third-order valence-corrected chi connectivity index (χ3v) is 3.93. The molecule has 1 aromatic rings. The van der Waals surface area contributed by atoms with E-state index in [9.17, 15) is 14.0 Å². The Morgan fingerprint density at radius 3 is 2.62 bits per heavy atom. The van der Waals surface area contributed by atoms with Crippen LogP contribution in [0.5, 0.6) is 5.75 Å². The zero-order valence-electron chi connectivity index (χ0n) is 14.0. The molecule has 1 atom stereocenters. The first kappa shape index (κ1) is 18.2. The number of hydrogen-bond acceptors (Lipinski definition) is 4. The quantitative estimate of drug-likeness (QED) is 0.711. The van der Waals surface area contributed by atoms with Crippen LogP contribution in [0.2, 0.25) is 0 Å². The Bertz CT molecular complexity index is 561. The number of urea groups is 1. The third kappa shape index (κ3) is 6.16. The molecule has 0 spiro atoms. The SMILES string of the molecule is CC(C(=O)NC(=O)NC1CC1)N(C)CCCOc1ccc(F)cc1. The molecule has 0 aromatic heterocycles. The van der Waals surface area contributed by atoms with E-state index in [1.54, 1.807) is 19.1 Å². The summed E-state index contributed by atoms with van der Waals surface area (Å²) in [6.45, 7) is 2.85. The minimum Gasteiger partial charge on any atom is -0.494 e. The van der Waals surface area contributed by atoms with Crippen LogP contribution < -0.4 is 15.4 Å². The van der Waals surface area contributed by atoms with Crippen LogP contribution in [0.15, 0.2) is 24.3 Å². The van der Waals surface area contributed by atoms with Crippen LogP contribution >= 0.6 is 0 Å². The van der Waals surface area contributed by atoms with Gasteiger partial charge in [-0.2, -0.15) is 0 Å². The second-order valence-electron chi connectivity index (χ2n) is 6.05. The van der Waals surface area contributed by atoms with Crippen molar-refractivity contribution in [2.75, 3.05) is 20.2 Å². The number of nitrogens with zero attached hydrogens (tertiary/aromatic N) is 1. The van der Waals surface area contributed by atoms with Crippen molar-refractivity contribution in [1.82, 2.24) is 15.5 Å². The van der Waals surface area contributed by atoms with Gasteiger partial charge in [0.2, 0.25) is 5.91 Å². The zero-order valence-corrected chi connectivity index (χ0v) is 14.0. The van der Waals surface area contributed by atoms with Gasteiger partial charge in [-0.05, 0) is 57.5 Å². The number of hydrogen-bond donors (Lipinski definition) is 2. The van der Waals surface area contributed by atoms with Gasteiger partial charge in [-0.25, -0.2) is 9.18 Å². The molecule has 132 valence electrons. The molecule has 6 nitrogen and oxygen atoms in total. The molecule has 1 fully saturated rings. The van der Waals surface area contributed by atoms with Crippen LogP contribution in [-0.2, 0) is 4.79 Å². The maximum Gasteiger partial charge on any atom is 0.321 e. The van der Waals surface area contributed by atoms with Crippen molar-refractivity contribution >= 4 is 11.9 Å². The van der Waals surface area contributed by atoms with Crippen LogP contribution in [0.4, 0.5) is 9.18 Å². The summed E-state index contributed by atoms with van der Waals surface area (Å²) in [5, 5.41) is 5.07. The predicted molar refractivity (Wildman–Crippen MR) is 88.3 cm³/mol. The van der Waals surface area contributed by atoms with Crippen LogP contribution in [-0.4, -0.2) is 49.1 Å². The van der Waals surface area contributed by atoms with Gasteiger partial charge in [0.25, 0.3) is 0 Å². The Morgan fingerprint density at radius 2 is 2.00 bits per heavy atom. The molecular weight excluding hydrogens is 313 g/mol. The number of carbonyl (C=O) groups excluding carboxylic acids is 2. The summed E-state index contributed by atoms with van der Waals surface area (Å²) in [5.41, 5.74) is 0. The predicted octanol–water partition coefficient (Wildman–Crippen LogP) is 1.90. The van der Waals surface area contributed by atoms with Crippen molar-refractivity contribution in [3.63, 3.8) is 0 Å². The van der Waals surface area contributed by atoms with Gasteiger partial charge in [-0.15, -0.1) is 0 Å². The molecular formula is C17H24FN3O3. The van der Waals surface area contributed by atoms with Crippen molar-refractivity contribution in [3.05, 3.63) is 30.1 Å². The highest BCUT2D eigenvalue weighted by Gasteiger charge is 2.25. The Kier molecular flexibility index (Phi) is 6.54. The van der Waals surface area contributed by atoms with Crippen LogP contribution in [0.3, 0.4) is 0 Å². The van der Waals surface area contributed by atoms with Gasteiger partial charge in [-0.3, -0.25) is 15.0 Å². The maximum atomic E-state index is 12.8. The topological polar surface area (TPSA) is 70.7 Å². The van der Waals surface area contributed by atoms with Crippen molar-refractivity contribution in [2.45, 2.75) is 38.3 Å².